The molecule has 3 aliphatic carbocycles. The highest BCUT2D eigenvalue weighted by Gasteiger charge is 2.72. The minimum absolute atomic E-state index is 0.0892. The van der Waals surface area contributed by atoms with Gasteiger partial charge in [-0.15, -0.1) is 0 Å². The monoisotopic (exact) mass is 342 g/mol. The molecule has 5 heteroatoms. The van der Waals surface area contributed by atoms with Crippen LogP contribution in [0.1, 0.15) is 43.2 Å². The Hall–Kier alpha value is -1.30. The van der Waals surface area contributed by atoms with E-state index >= 15 is 0 Å². The number of phenolic OH excluding ortho intramolecular Hbond substituents is 1. The van der Waals surface area contributed by atoms with E-state index in [2.05, 4.69) is 4.90 Å². The fraction of sp³-hybridized carbons (Fsp3) is 0.700. The summed E-state index contributed by atoms with van der Waals surface area (Å²) in [5.41, 5.74) is 7.53. The summed E-state index contributed by atoms with van der Waals surface area (Å²) in [4.78, 5) is 2.55. The molecule has 2 bridgehead atoms. The third-order valence-corrected chi connectivity index (χ3v) is 7.81. The number of likely N-dealkylation sites (tertiary alicyclic amines) is 1. The highest BCUT2D eigenvalue weighted by molar-refractivity contribution is 5.62. The molecule has 3 fully saturated rings. The van der Waals surface area contributed by atoms with E-state index in [0.717, 1.165) is 50.3 Å². The number of aromatic hydroxyl groups is 1. The van der Waals surface area contributed by atoms with Crippen molar-refractivity contribution in [2.24, 2.45) is 11.7 Å². The van der Waals surface area contributed by atoms with E-state index in [1.165, 1.54) is 18.4 Å². The van der Waals surface area contributed by atoms with Gasteiger partial charge < -0.3 is 20.7 Å². The van der Waals surface area contributed by atoms with E-state index in [1.807, 2.05) is 6.07 Å². The maximum atomic E-state index is 12.1. The van der Waals surface area contributed by atoms with Crippen molar-refractivity contribution in [1.29, 1.82) is 0 Å². The van der Waals surface area contributed by atoms with Gasteiger partial charge in [0.25, 0.3) is 0 Å². The molecule has 4 N–H and O–H groups in total. The molecule has 5 aliphatic rings. The van der Waals surface area contributed by atoms with Crippen LogP contribution in [0.15, 0.2) is 12.1 Å². The molecule has 2 heterocycles. The molecule has 1 unspecified atom stereocenters. The van der Waals surface area contributed by atoms with Gasteiger partial charge in [-0.3, -0.25) is 4.90 Å². The van der Waals surface area contributed by atoms with Crippen LogP contribution in [0.4, 0.5) is 0 Å². The van der Waals surface area contributed by atoms with Crippen LogP contribution >= 0.6 is 0 Å². The zero-order valence-corrected chi connectivity index (χ0v) is 14.4. The molecule has 2 aliphatic heterocycles. The largest absolute Gasteiger partial charge is 0.504 e. The van der Waals surface area contributed by atoms with Gasteiger partial charge in [0.05, 0.1) is 11.0 Å². The molecule has 5 atom stereocenters. The Morgan fingerprint density at radius 2 is 2.08 bits per heavy atom. The summed E-state index contributed by atoms with van der Waals surface area (Å²) < 4.78 is 6.26. The molecule has 1 aromatic carbocycles. The summed E-state index contributed by atoms with van der Waals surface area (Å²) in [6.45, 7) is 2.10. The number of rotatable bonds is 2. The van der Waals surface area contributed by atoms with Crippen molar-refractivity contribution in [1.82, 2.24) is 4.90 Å². The summed E-state index contributed by atoms with van der Waals surface area (Å²) >= 11 is 0. The second kappa shape index (κ2) is 4.51. The molecule has 2 saturated carbocycles. The Labute approximate surface area is 147 Å². The summed E-state index contributed by atoms with van der Waals surface area (Å²) in [6.07, 6.45) is 5.66. The fourth-order valence-electron chi connectivity index (χ4n) is 6.52. The normalized spacial score (nSPS) is 44.3. The zero-order valence-electron chi connectivity index (χ0n) is 14.4. The van der Waals surface area contributed by atoms with Crippen molar-refractivity contribution in [2.75, 3.05) is 13.1 Å². The Balaban J connectivity index is 1.57. The number of aliphatic hydroxyl groups is 1. The lowest BCUT2D eigenvalue weighted by Crippen LogP contribution is -2.77. The molecule has 25 heavy (non-hydrogen) atoms. The van der Waals surface area contributed by atoms with Gasteiger partial charge in [-0.2, -0.15) is 0 Å². The molecule has 6 rings (SSSR count). The van der Waals surface area contributed by atoms with Crippen LogP contribution in [0.3, 0.4) is 0 Å². The van der Waals surface area contributed by atoms with Crippen LogP contribution in [0, 0.1) is 5.92 Å². The first-order chi connectivity index (χ1) is 12.0. The second-order valence-corrected chi connectivity index (χ2v) is 8.99. The molecule has 0 aromatic heterocycles. The second-order valence-electron chi connectivity index (χ2n) is 8.99. The quantitative estimate of drug-likeness (QED) is 0.755. The minimum atomic E-state index is -0.799. The van der Waals surface area contributed by atoms with Crippen molar-refractivity contribution < 1.29 is 14.9 Å². The van der Waals surface area contributed by atoms with Crippen LogP contribution in [-0.4, -0.2) is 52.0 Å². The molecule has 5 nitrogen and oxygen atoms in total. The summed E-state index contributed by atoms with van der Waals surface area (Å²) in [5, 5.41) is 22.5. The number of hydrogen-bond acceptors (Lipinski definition) is 5. The predicted molar refractivity (Wildman–Crippen MR) is 92.8 cm³/mol. The summed E-state index contributed by atoms with van der Waals surface area (Å²) in [5.74, 6) is 1.60. The van der Waals surface area contributed by atoms with Gasteiger partial charge in [0, 0.05) is 24.2 Å². The van der Waals surface area contributed by atoms with Gasteiger partial charge in [0.1, 0.15) is 6.10 Å². The Bertz CT molecular complexity index is 764. The standard InChI is InChI=1S/C20H26N2O3/c21-13-5-6-20(24)15-9-12-3-4-14(23)17-16(12)19(20,18(13)25-17)7-8-22(15)10-11-1-2-11/h3-4,11,13,15,18,23-24H,1-2,5-10,21H2/t13-,15-,18?,19+,20-/m1/s1. The first-order valence-electron chi connectivity index (χ1n) is 9.78. The molecule has 1 spiro atoms. The Kier molecular flexibility index (Phi) is 2.67. The SMILES string of the molecule is N[C@@H]1CC[C@@]2(O)[C@H]3Cc4ccc(O)c5c4[C@@]2(CCN3CC2CC2)C1O5. The van der Waals surface area contributed by atoms with E-state index < -0.39 is 11.0 Å². The predicted octanol–water partition coefficient (Wildman–Crippen LogP) is 1.28. The number of phenols is 1. The summed E-state index contributed by atoms with van der Waals surface area (Å²) in [7, 11) is 0. The maximum Gasteiger partial charge on any atom is 0.165 e. The number of hydrogen-bond donors (Lipinski definition) is 3. The van der Waals surface area contributed by atoms with E-state index in [9.17, 15) is 10.2 Å². The van der Waals surface area contributed by atoms with E-state index in [0.29, 0.717) is 5.75 Å². The zero-order chi connectivity index (χ0) is 17.0. The topological polar surface area (TPSA) is 79.0 Å². The lowest BCUT2D eigenvalue weighted by molar-refractivity contribution is -0.189. The summed E-state index contributed by atoms with van der Waals surface area (Å²) in [6, 6.07) is 3.84. The van der Waals surface area contributed by atoms with Crippen LogP contribution < -0.4 is 10.5 Å². The fourth-order valence-corrected chi connectivity index (χ4v) is 6.52. The van der Waals surface area contributed by atoms with E-state index in [1.54, 1.807) is 6.07 Å². The number of benzene rings is 1. The van der Waals surface area contributed by atoms with E-state index in [4.69, 9.17) is 10.5 Å². The number of nitrogens with zero attached hydrogens (tertiary/aromatic N) is 1. The Morgan fingerprint density at radius 1 is 1.24 bits per heavy atom. The van der Waals surface area contributed by atoms with Crippen LogP contribution in [0.25, 0.3) is 0 Å². The molecule has 134 valence electrons. The number of nitrogens with two attached hydrogens (primary N) is 1. The molecule has 0 radical (unpaired) electrons. The average molecular weight is 342 g/mol. The molecule has 1 saturated heterocycles. The first-order valence-corrected chi connectivity index (χ1v) is 9.78. The highest BCUT2D eigenvalue weighted by atomic mass is 16.5. The molecule has 0 amide bonds. The lowest BCUT2D eigenvalue weighted by Gasteiger charge is -2.64. The maximum absolute atomic E-state index is 12.1. The van der Waals surface area contributed by atoms with Gasteiger partial charge in [-0.1, -0.05) is 6.07 Å². The van der Waals surface area contributed by atoms with Crippen LogP contribution in [0.2, 0.25) is 0 Å². The molecule has 1 aromatic rings. The highest BCUT2D eigenvalue weighted by Crippen LogP contribution is 2.65. The third-order valence-electron chi connectivity index (χ3n) is 7.81. The van der Waals surface area contributed by atoms with Crippen molar-refractivity contribution >= 4 is 0 Å². The molecular formula is C20H26N2O3. The number of ether oxygens (including phenoxy) is 1. The first kappa shape index (κ1) is 14.8. The van der Waals surface area contributed by atoms with E-state index in [-0.39, 0.29) is 23.9 Å². The van der Waals surface area contributed by atoms with Gasteiger partial charge in [-0.25, -0.2) is 0 Å². The van der Waals surface area contributed by atoms with Gasteiger partial charge in [-0.05, 0) is 62.6 Å². The average Bonchev–Trinajstić information content (AvgIpc) is 3.32. The Morgan fingerprint density at radius 3 is 2.88 bits per heavy atom. The minimum Gasteiger partial charge on any atom is -0.504 e. The van der Waals surface area contributed by atoms with Crippen molar-refractivity contribution in [2.45, 2.75) is 67.7 Å². The number of piperidine rings is 1. The van der Waals surface area contributed by atoms with Crippen LogP contribution in [0.5, 0.6) is 11.5 Å². The van der Waals surface area contributed by atoms with Crippen molar-refractivity contribution in [3.63, 3.8) is 0 Å². The van der Waals surface area contributed by atoms with Crippen molar-refractivity contribution in [3.8, 4) is 11.5 Å². The molecular weight excluding hydrogens is 316 g/mol. The lowest BCUT2D eigenvalue weighted by atomic mass is 9.48. The third kappa shape index (κ3) is 1.61. The van der Waals surface area contributed by atoms with Gasteiger partial charge >= 0.3 is 0 Å². The van der Waals surface area contributed by atoms with Gasteiger partial charge in [0.15, 0.2) is 11.5 Å². The van der Waals surface area contributed by atoms with Gasteiger partial charge in [0.2, 0.25) is 0 Å². The smallest absolute Gasteiger partial charge is 0.165 e. The van der Waals surface area contributed by atoms with Crippen LogP contribution in [-0.2, 0) is 11.8 Å². The van der Waals surface area contributed by atoms with Crippen molar-refractivity contribution in [3.05, 3.63) is 23.3 Å².